The summed E-state index contributed by atoms with van der Waals surface area (Å²) in [5.41, 5.74) is 3.93. The van der Waals surface area contributed by atoms with Crippen molar-refractivity contribution in [2.75, 3.05) is 7.11 Å². The fraction of sp³-hybridized carbons (Fsp3) is 0.276. The molecule has 1 aliphatic rings. The Labute approximate surface area is 214 Å². The van der Waals surface area contributed by atoms with Crippen LogP contribution >= 0.6 is 11.8 Å². The summed E-state index contributed by atoms with van der Waals surface area (Å²) in [5, 5.41) is 4.17. The van der Waals surface area contributed by atoms with Gasteiger partial charge in [0, 0.05) is 17.4 Å². The number of ether oxygens (including phenoxy) is 1. The van der Waals surface area contributed by atoms with Gasteiger partial charge in [-0.15, -0.1) is 0 Å². The number of rotatable bonds is 7. The molecule has 4 aromatic rings. The first kappa shape index (κ1) is 24.1. The van der Waals surface area contributed by atoms with Crippen LogP contribution in [-0.4, -0.2) is 28.6 Å². The lowest BCUT2D eigenvalue weighted by atomic mass is 10.1. The van der Waals surface area contributed by atoms with Crippen molar-refractivity contribution >= 4 is 28.6 Å². The predicted molar refractivity (Wildman–Crippen MR) is 144 cm³/mol. The average molecular weight is 500 g/mol. The zero-order valence-corrected chi connectivity index (χ0v) is 21.3. The molecule has 36 heavy (non-hydrogen) atoms. The van der Waals surface area contributed by atoms with Crippen molar-refractivity contribution in [1.82, 2.24) is 14.9 Å². The van der Waals surface area contributed by atoms with Gasteiger partial charge >= 0.3 is 0 Å². The van der Waals surface area contributed by atoms with Gasteiger partial charge in [0.1, 0.15) is 5.75 Å². The van der Waals surface area contributed by atoms with Crippen LogP contribution in [0, 0.1) is 6.92 Å². The molecule has 1 N–H and O–H groups in total. The summed E-state index contributed by atoms with van der Waals surface area (Å²) in [6.07, 6.45) is 4.33. The van der Waals surface area contributed by atoms with Gasteiger partial charge in [-0.05, 0) is 67.8 Å². The highest BCUT2D eigenvalue weighted by Crippen LogP contribution is 2.26. The van der Waals surface area contributed by atoms with Gasteiger partial charge in [-0.2, -0.15) is 0 Å². The second kappa shape index (κ2) is 10.6. The Balaban J connectivity index is 1.55. The van der Waals surface area contributed by atoms with E-state index in [1.165, 1.54) is 17.3 Å². The third-order valence-corrected chi connectivity index (χ3v) is 7.58. The zero-order valence-electron chi connectivity index (χ0n) is 20.5. The molecule has 0 unspecified atom stereocenters. The lowest BCUT2D eigenvalue weighted by Gasteiger charge is -2.15. The number of methoxy groups -OCH3 is 1. The van der Waals surface area contributed by atoms with E-state index in [9.17, 15) is 9.59 Å². The zero-order chi connectivity index (χ0) is 25.1. The summed E-state index contributed by atoms with van der Waals surface area (Å²) in [4.78, 5) is 31.5. The Hall–Kier alpha value is -3.58. The van der Waals surface area contributed by atoms with Crippen LogP contribution in [0.1, 0.15) is 47.2 Å². The first-order valence-electron chi connectivity index (χ1n) is 12.2. The summed E-state index contributed by atoms with van der Waals surface area (Å²) in [6, 6.07) is 21.1. The number of nitrogens with one attached hydrogen (secondary N) is 1. The van der Waals surface area contributed by atoms with Crippen molar-refractivity contribution in [3.05, 3.63) is 93.8 Å². The lowest BCUT2D eigenvalue weighted by Crippen LogP contribution is -2.32. The smallest absolute Gasteiger partial charge is 0.266 e. The second-order valence-corrected chi connectivity index (χ2v) is 10.1. The maximum absolute atomic E-state index is 13.7. The Morgan fingerprint density at radius 1 is 1.08 bits per heavy atom. The van der Waals surface area contributed by atoms with E-state index >= 15 is 0 Å². The highest BCUT2D eigenvalue weighted by molar-refractivity contribution is 7.98. The van der Waals surface area contributed by atoms with Gasteiger partial charge in [-0.25, -0.2) is 4.98 Å². The van der Waals surface area contributed by atoms with Gasteiger partial charge in [0.25, 0.3) is 11.5 Å². The Morgan fingerprint density at radius 2 is 1.86 bits per heavy atom. The fourth-order valence-corrected chi connectivity index (χ4v) is 5.61. The van der Waals surface area contributed by atoms with Crippen LogP contribution in [0.15, 0.2) is 76.7 Å². The van der Waals surface area contributed by atoms with Crippen LogP contribution in [-0.2, 0) is 5.75 Å². The Morgan fingerprint density at radius 3 is 2.58 bits per heavy atom. The third kappa shape index (κ3) is 5.16. The predicted octanol–water partition coefficient (Wildman–Crippen LogP) is 5.67. The SMILES string of the molecule is COc1ccc(-n2c(SCc3cccc(C)c3)nc3cc(C(=O)NC4CCCC4)ccc3c2=O)cc1. The number of thioether (sulfide) groups is 1. The van der Waals surface area contributed by atoms with Crippen molar-refractivity contribution in [2.45, 2.75) is 49.6 Å². The monoisotopic (exact) mass is 499 g/mol. The minimum absolute atomic E-state index is 0.112. The minimum Gasteiger partial charge on any atom is -0.497 e. The molecule has 0 atom stereocenters. The molecule has 1 heterocycles. The molecule has 0 spiro atoms. The van der Waals surface area contributed by atoms with Crippen LogP contribution in [0.3, 0.4) is 0 Å². The van der Waals surface area contributed by atoms with Gasteiger partial charge in [-0.1, -0.05) is 54.4 Å². The van der Waals surface area contributed by atoms with Crippen LogP contribution in [0.4, 0.5) is 0 Å². The molecule has 6 nitrogen and oxygen atoms in total. The summed E-state index contributed by atoms with van der Waals surface area (Å²) in [5.74, 6) is 1.27. The van der Waals surface area contributed by atoms with E-state index in [4.69, 9.17) is 9.72 Å². The van der Waals surface area contributed by atoms with Crippen molar-refractivity contribution in [3.8, 4) is 11.4 Å². The molecule has 1 saturated carbocycles. The number of fused-ring (bicyclic) bond motifs is 1. The Kier molecular flexibility index (Phi) is 7.09. The van der Waals surface area contributed by atoms with Crippen LogP contribution < -0.4 is 15.6 Å². The van der Waals surface area contributed by atoms with Crippen LogP contribution in [0.25, 0.3) is 16.6 Å². The number of hydrogen-bond donors (Lipinski definition) is 1. The highest BCUT2D eigenvalue weighted by atomic mass is 32.2. The molecule has 1 aromatic heterocycles. The van der Waals surface area contributed by atoms with Crippen molar-refractivity contribution in [2.24, 2.45) is 0 Å². The summed E-state index contributed by atoms with van der Waals surface area (Å²) >= 11 is 1.50. The Bertz CT molecular complexity index is 1460. The van der Waals surface area contributed by atoms with Gasteiger partial charge in [0.05, 0.1) is 23.7 Å². The highest BCUT2D eigenvalue weighted by Gasteiger charge is 2.20. The quantitative estimate of drug-likeness (QED) is 0.262. The van der Waals surface area contributed by atoms with E-state index in [0.29, 0.717) is 38.8 Å². The van der Waals surface area contributed by atoms with Gasteiger partial charge < -0.3 is 10.1 Å². The number of nitrogens with zero attached hydrogens (tertiary/aromatic N) is 2. The maximum atomic E-state index is 13.7. The first-order chi connectivity index (χ1) is 17.5. The third-order valence-electron chi connectivity index (χ3n) is 6.57. The number of benzene rings is 3. The molecule has 0 bridgehead atoms. The molecule has 1 fully saturated rings. The van der Waals surface area contributed by atoms with E-state index in [-0.39, 0.29) is 17.5 Å². The fourth-order valence-electron chi connectivity index (χ4n) is 4.65. The molecule has 184 valence electrons. The number of aryl methyl sites for hydroxylation is 1. The summed E-state index contributed by atoms with van der Waals surface area (Å²) in [6.45, 7) is 2.06. The maximum Gasteiger partial charge on any atom is 0.266 e. The molecule has 5 rings (SSSR count). The molecule has 0 radical (unpaired) electrons. The molecule has 0 aliphatic heterocycles. The standard InChI is InChI=1S/C29H29N3O3S/c1-19-6-5-7-20(16-19)18-36-29-31-26-17-21(27(33)30-22-8-3-4-9-22)10-15-25(26)28(34)32(29)23-11-13-24(35-2)14-12-23/h5-7,10-17,22H,3-4,8-9,18H2,1-2H3,(H,30,33). The normalized spacial score (nSPS) is 13.7. The molecule has 7 heteroatoms. The van der Waals surface area contributed by atoms with Crippen LogP contribution in [0.5, 0.6) is 5.75 Å². The molecular weight excluding hydrogens is 470 g/mol. The molecule has 1 aliphatic carbocycles. The molecule has 1 amide bonds. The summed E-state index contributed by atoms with van der Waals surface area (Å²) < 4.78 is 6.93. The topological polar surface area (TPSA) is 73.2 Å². The van der Waals surface area contributed by atoms with E-state index < -0.39 is 0 Å². The van der Waals surface area contributed by atoms with E-state index in [1.54, 1.807) is 29.9 Å². The molecular formula is C29H29N3O3S. The largest absolute Gasteiger partial charge is 0.497 e. The molecule has 0 saturated heterocycles. The number of amides is 1. The molecule has 3 aromatic carbocycles. The number of hydrogen-bond acceptors (Lipinski definition) is 5. The van der Waals surface area contributed by atoms with Crippen molar-refractivity contribution < 1.29 is 9.53 Å². The van der Waals surface area contributed by atoms with Gasteiger partial charge in [-0.3, -0.25) is 14.2 Å². The lowest BCUT2D eigenvalue weighted by molar-refractivity contribution is 0.0938. The number of carbonyl (C=O) groups excluding carboxylic acids is 1. The van der Waals surface area contributed by atoms with Crippen molar-refractivity contribution in [1.29, 1.82) is 0 Å². The average Bonchev–Trinajstić information content (AvgIpc) is 3.40. The number of carbonyl (C=O) groups is 1. The first-order valence-corrected chi connectivity index (χ1v) is 13.2. The van der Waals surface area contributed by atoms with E-state index in [0.717, 1.165) is 31.2 Å². The summed E-state index contributed by atoms with van der Waals surface area (Å²) in [7, 11) is 1.61. The van der Waals surface area contributed by atoms with Gasteiger partial charge in [0.2, 0.25) is 0 Å². The van der Waals surface area contributed by atoms with E-state index in [2.05, 4.69) is 30.4 Å². The van der Waals surface area contributed by atoms with Crippen LogP contribution in [0.2, 0.25) is 0 Å². The van der Waals surface area contributed by atoms with E-state index in [1.807, 2.05) is 30.3 Å². The minimum atomic E-state index is -0.167. The second-order valence-electron chi connectivity index (χ2n) is 9.20. The number of aromatic nitrogens is 2. The van der Waals surface area contributed by atoms with Gasteiger partial charge in [0.15, 0.2) is 5.16 Å². The van der Waals surface area contributed by atoms with Crippen molar-refractivity contribution in [3.63, 3.8) is 0 Å².